The maximum absolute atomic E-state index is 9.36. The van der Waals surface area contributed by atoms with Crippen molar-refractivity contribution in [2.45, 2.75) is 0 Å². The van der Waals surface area contributed by atoms with Gasteiger partial charge >= 0.3 is 0 Å². The fourth-order valence-corrected chi connectivity index (χ4v) is 3.88. The summed E-state index contributed by atoms with van der Waals surface area (Å²) in [5.74, 6) is 0. The van der Waals surface area contributed by atoms with Crippen LogP contribution in [0.4, 0.5) is 0 Å². The quantitative estimate of drug-likeness (QED) is 0.0922. The van der Waals surface area contributed by atoms with Crippen molar-refractivity contribution >= 4 is 0 Å². The van der Waals surface area contributed by atoms with E-state index in [0.29, 0.717) is 61.3 Å². The predicted molar refractivity (Wildman–Crippen MR) is 122 cm³/mol. The molecule has 0 aliphatic carbocycles. The minimum atomic E-state index is 0.0169. The van der Waals surface area contributed by atoms with E-state index >= 15 is 0 Å². The molecular formula is C22H48N3O6+3. The summed E-state index contributed by atoms with van der Waals surface area (Å²) in [6, 6.07) is 0. The summed E-state index contributed by atoms with van der Waals surface area (Å²) in [6.07, 6.45) is 8.35. The average molecular weight is 451 g/mol. The third kappa shape index (κ3) is 12.7. The number of likely N-dealkylation sites (N-methyl/N-ethyl adjacent to an activating group) is 1. The summed E-state index contributed by atoms with van der Waals surface area (Å²) in [5.41, 5.74) is 0. The van der Waals surface area contributed by atoms with Gasteiger partial charge in [0.2, 0.25) is 0 Å². The number of nitrogens with zero attached hydrogens (tertiary/aromatic N) is 3. The van der Waals surface area contributed by atoms with Gasteiger partial charge in [0.05, 0.1) is 79.9 Å². The van der Waals surface area contributed by atoms with Crippen LogP contribution in [0.25, 0.3) is 0 Å². The minimum Gasteiger partial charge on any atom is -0.391 e. The molecule has 0 saturated carbocycles. The van der Waals surface area contributed by atoms with Gasteiger partial charge in [-0.3, -0.25) is 0 Å². The molecule has 0 aliphatic heterocycles. The van der Waals surface area contributed by atoms with Gasteiger partial charge in [0.1, 0.15) is 39.3 Å². The van der Waals surface area contributed by atoms with Crippen molar-refractivity contribution in [1.82, 2.24) is 0 Å². The van der Waals surface area contributed by atoms with Crippen LogP contribution < -0.4 is 0 Å². The van der Waals surface area contributed by atoms with Gasteiger partial charge in [-0.2, -0.15) is 0 Å². The molecule has 0 spiro atoms. The van der Waals surface area contributed by atoms with E-state index in [1.807, 2.05) is 0 Å². The van der Waals surface area contributed by atoms with E-state index in [1.54, 1.807) is 0 Å². The third-order valence-electron chi connectivity index (χ3n) is 5.96. The molecule has 0 saturated heterocycles. The topological polar surface area (TPSA) is 121 Å². The van der Waals surface area contributed by atoms with E-state index in [2.05, 4.69) is 38.4 Å². The molecule has 0 aromatic heterocycles. The molecule has 0 unspecified atom stereocenters. The summed E-state index contributed by atoms with van der Waals surface area (Å²) in [4.78, 5) is 0. The summed E-state index contributed by atoms with van der Waals surface area (Å²) in [6.45, 7) is 6.04. The van der Waals surface area contributed by atoms with Crippen molar-refractivity contribution in [3.05, 3.63) is 24.3 Å². The first kappa shape index (κ1) is 30.1. The summed E-state index contributed by atoms with van der Waals surface area (Å²) in [5, 5.41) is 56.2. The highest BCUT2D eigenvalue weighted by Gasteiger charge is 2.25. The first-order valence-electron chi connectivity index (χ1n) is 11.3. The fraction of sp³-hybridized carbons (Fsp3) is 0.818. The van der Waals surface area contributed by atoms with E-state index in [4.69, 9.17) is 0 Å². The normalized spacial score (nSPS) is 13.7. The zero-order valence-electron chi connectivity index (χ0n) is 19.6. The van der Waals surface area contributed by atoms with Gasteiger partial charge < -0.3 is 44.1 Å². The Morgan fingerprint density at radius 2 is 0.645 bits per heavy atom. The molecule has 0 heterocycles. The molecule has 31 heavy (non-hydrogen) atoms. The molecular weight excluding hydrogens is 402 g/mol. The number of aliphatic hydroxyl groups is 6. The van der Waals surface area contributed by atoms with Gasteiger partial charge in [-0.1, -0.05) is 0 Å². The second-order valence-electron chi connectivity index (χ2n) is 8.98. The van der Waals surface area contributed by atoms with Crippen LogP contribution in [-0.4, -0.2) is 163 Å². The summed E-state index contributed by atoms with van der Waals surface area (Å²) in [7, 11) is 4.26. The van der Waals surface area contributed by atoms with E-state index < -0.39 is 0 Å². The lowest BCUT2D eigenvalue weighted by atomic mass is 10.2. The Morgan fingerprint density at radius 1 is 0.419 bits per heavy atom. The van der Waals surface area contributed by atoms with Crippen molar-refractivity contribution in [3.8, 4) is 0 Å². The molecule has 184 valence electrons. The van der Waals surface area contributed by atoms with E-state index in [-0.39, 0.29) is 39.6 Å². The van der Waals surface area contributed by atoms with Crippen LogP contribution in [0.1, 0.15) is 0 Å². The number of hydrogen-bond acceptors (Lipinski definition) is 6. The zero-order valence-corrected chi connectivity index (χ0v) is 19.6. The number of hydrogen-bond donors (Lipinski definition) is 6. The summed E-state index contributed by atoms with van der Waals surface area (Å²) < 4.78 is 1.68. The first-order chi connectivity index (χ1) is 14.8. The first-order valence-corrected chi connectivity index (χ1v) is 11.3. The van der Waals surface area contributed by atoms with Crippen LogP contribution in [0.2, 0.25) is 0 Å². The number of quaternary nitrogens is 3. The standard InChI is InChI=1S/C22H48N3O6/c1-23(2,7-3-5-9-24(11-17-26,12-18-27)13-19-28)8-4-6-10-25(14-20-29,15-21-30)16-22-31/h3-6,26-31H,7-22H2,1-2H3/q+3. The van der Waals surface area contributed by atoms with Crippen LogP contribution in [0.3, 0.4) is 0 Å². The van der Waals surface area contributed by atoms with Gasteiger partial charge in [-0.05, 0) is 24.3 Å². The third-order valence-corrected chi connectivity index (χ3v) is 5.96. The van der Waals surface area contributed by atoms with Gasteiger partial charge in [-0.25, -0.2) is 0 Å². The lowest BCUT2D eigenvalue weighted by Crippen LogP contribution is -2.53. The Bertz CT molecular complexity index is 424. The maximum Gasteiger partial charge on any atom is 0.102 e. The fourth-order valence-electron chi connectivity index (χ4n) is 3.88. The highest BCUT2D eigenvalue weighted by Crippen LogP contribution is 2.08. The summed E-state index contributed by atoms with van der Waals surface area (Å²) >= 11 is 0. The molecule has 6 N–H and O–H groups in total. The van der Waals surface area contributed by atoms with Crippen LogP contribution in [-0.2, 0) is 0 Å². The van der Waals surface area contributed by atoms with Crippen LogP contribution in [0.15, 0.2) is 24.3 Å². The monoisotopic (exact) mass is 450 g/mol. The highest BCUT2D eigenvalue weighted by molar-refractivity contribution is 4.85. The van der Waals surface area contributed by atoms with Crippen molar-refractivity contribution < 1.29 is 44.1 Å². The van der Waals surface area contributed by atoms with Crippen LogP contribution in [0.5, 0.6) is 0 Å². The second-order valence-corrected chi connectivity index (χ2v) is 8.98. The number of rotatable bonds is 20. The minimum absolute atomic E-state index is 0.0169. The van der Waals surface area contributed by atoms with Gasteiger partial charge in [-0.15, -0.1) is 0 Å². The van der Waals surface area contributed by atoms with Gasteiger partial charge in [0.15, 0.2) is 0 Å². The molecule has 9 heteroatoms. The lowest BCUT2D eigenvalue weighted by Gasteiger charge is -2.36. The van der Waals surface area contributed by atoms with Crippen molar-refractivity contribution in [3.63, 3.8) is 0 Å². The molecule has 0 aliphatic rings. The molecule has 0 fully saturated rings. The molecule has 0 atom stereocenters. The number of aliphatic hydroxyl groups excluding tert-OH is 6. The van der Waals surface area contributed by atoms with Crippen LogP contribution in [0, 0.1) is 0 Å². The molecule has 9 nitrogen and oxygen atoms in total. The molecule has 0 bridgehead atoms. The van der Waals surface area contributed by atoms with Gasteiger partial charge in [0.25, 0.3) is 0 Å². The Hall–Kier alpha value is -0.880. The van der Waals surface area contributed by atoms with E-state index in [9.17, 15) is 30.6 Å². The lowest BCUT2D eigenvalue weighted by molar-refractivity contribution is -0.923. The van der Waals surface area contributed by atoms with E-state index in [0.717, 1.165) is 17.6 Å². The second kappa shape index (κ2) is 16.7. The Kier molecular flexibility index (Phi) is 16.2. The molecule has 0 rings (SSSR count). The largest absolute Gasteiger partial charge is 0.391 e. The Balaban J connectivity index is 4.81. The smallest absolute Gasteiger partial charge is 0.102 e. The van der Waals surface area contributed by atoms with Crippen LogP contribution >= 0.6 is 0 Å². The molecule has 0 radical (unpaired) electrons. The van der Waals surface area contributed by atoms with E-state index in [1.165, 1.54) is 0 Å². The zero-order chi connectivity index (χ0) is 23.6. The van der Waals surface area contributed by atoms with Gasteiger partial charge in [0, 0.05) is 0 Å². The molecule has 0 amide bonds. The SMILES string of the molecule is C[N+](C)(CC=CC[N+](CCO)(CCO)CCO)CC=CC[N+](CCO)(CCO)CCO. The Morgan fingerprint density at radius 3 is 0.871 bits per heavy atom. The van der Waals surface area contributed by atoms with Crippen molar-refractivity contribution in [1.29, 1.82) is 0 Å². The predicted octanol–water partition coefficient (Wildman–Crippen LogP) is -2.24. The maximum atomic E-state index is 9.36. The Labute approximate surface area is 188 Å². The highest BCUT2D eigenvalue weighted by atomic mass is 16.3. The van der Waals surface area contributed by atoms with Crippen molar-refractivity contribution in [2.24, 2.45) is 0 Å². The van der Waals surface area contributed by atoms with Crippen molar-refractivity contribution in [2.75, 3.05) is 119 Å². The molecule has 0 aromatic rings. The molecule has 0 aromatic carbocycles. The average Bonchev–Trinajstić information content (AvgIpc) is 2.70.